The van der Waals surface area contributed by atoms with E-state index < -0.39 is 0 Å². The molecular weight excluding hydrogens is 220 g/mol. The first kappa shape index (κ1) is 15.2. The minimum Gasteiger partial charge on any atom is -0.313 e. The van der Waals surface area contributed by atoms with Gasteiger partial charge in [0.25, 0.3) is 0 Å². The minimum absolute atomic E-state index is 0.287. The maximum atomic E-state index is 3.42. The average Bonchev–Trinajstić information content (AvgIpc) is 2.40. The SMILES string of the molecule is CCC(C)(C)N(C)CCC(NC)c1ccccc1. The van der Waals surface area contributed by atoms with Gasteiger partial charge >= 0.3 is 0 Å². The molecule has 1 unspecified atom stereocenters. The molecule has 0 aliphatic heterocycles. The van der Waals surface area contributed by atoms with Crippen molar-refractivity contribution < 1.29 is 0 Å². The van der Waals surface area contributed by atoms with Crippen molar-refractivity contribution in [2.75, 3.05) is 20.6 Å². The van der Waals surface area contributed by atoms with Crippen molar-refractivity contribution in [2.24, 2.45) is 0 Å². The molecular formula is C16H28N2. The number of nitrogens with zero attached hydrogens (tertiary/aromatic N) is 1. The van der Waals surface area contributed by atoms with Gasteiger partial charge in [-0.25, -0.2) is 0 Å². The molecule has 2 heteroatoms. The first-order valence-corrected chi connectivity index (χ1v) is 6.94. The van der Waals surface area contributed by atoms with Crippen LogP contribution < -0.4 is 5.32 Å². The predicted octanol–water partition coefficient (Wildman–Crippen LogP) is 3.46. The zero-order valence-electron chi connectivity index (χ0n) is 12.5. The highest BCUT2D eigenvalue weighted by molar-refractivity contribution is 5.18. The molecule has 1 aromatic rings. The lowest BCUT2D eigenvalue weighted by molar-refractivity contribution is 0.144. The minimum atomic E-state index is 0.287. The number of hydrogen-bond acceptors (Lipinski definition) is 2. The largest absolute Gasteiger partial charge is 0.313 e. The van der Waals surface area contributed by atoms with Gasteiger partial charge in [0, 0.05) is 18.1 Å². The van der Waals surface area contributed by atoms with Crippen LogP contribution in [0.1, 0.15) is 45.2 Å². The molecule has 2 nitrogen and oxygen atoms in total. The van der Waals surface area contributed by atoms with Crippen LogP contribution in [0.25, 0.3) is 0 Å². The highest BCUT2D eigenvalue weighted by Crippen LogP contribution is 2.20. The number of hydrogen-bond donors (Lipinski definition) is 1. The maximum absolute atomic E-state index is 3.42. The summed E-state index contributed by atoms with van der Waals surface area (Å²) in [4.78, 5) is 2.46. The third-order valence-corrected chi connectivity index (χ3v) is 4.20. The Bertz CT molecular complexity index is 332. The molecule has 0 radical (unpaired) electrons. The molecule has 1 atom stereocenters. The third kappa shape index (κ3) is 4.11. The highest BCUT2D eigenvalue weighted by atomic mass is 15.2. The zero-order valence-corrected chi connectivity index (χ0v) is 12.5. The molecule has 1 N–H and O–H groups in total. The van der Waals surface area contributed by atoms with E-state index in [4.69, 9.17) is 0 Å². The number of rotatable bonds is 7. The summed E-state index contributed by atoms with van der Waals surface area (Å²) in [6, 6.07) is 11.1. The molecule has 0 heterocycles. The molecule has 1 rings (SSSR count). The van der Waals surface area contributed by atoms with E-state index >= 15 is 0 Å². The fourth-order valence-electron chi connectivity index (χ4n) is 2.06. The Morgan fingerprint density at radius 2 is 1.83 bits per heavy atom. The van der Waals surface area contributed by atoms with Crippen LogP contribution in [0, 0.1) is 0 Å². The summed E-state index contributed by atoms with van der Waals surface area (Å²) < 4.78 is 0. The van der Waals surface area contributed by atoms with Crippen molar-refractivity contribution >= 4 is 0 Å². The van der Waals surface area contributed by atoms with Crippen molar-refractivity contribution in [3.8, 4) is 0 Å². The number of nitrogens with one attached hydrogen (secondary N) is 1. The normalized spacial score (nSPS) is 13.9. The lowest BCUT2D eigenvalue weighted by Gasteiger charge is -2.35. The second kappa shape index (κ2) is 6.91. The van der Waals surface area contributed by atoms with Crippen molar-refractivity contribution in [1.29, 1.82) is 0 Å². The smallest absolute Gasteiger partial charge is 0.0329 e. The quantitative estimate of drug-likeness (QED) is 0.795. The standard InChI is InChI=1S/C16H28N2/c1-6-16(2,3)18(5)13-12-15(17-4)14-10-8-7-9-11-14/h7-11,15,17H,6,12-13H2,1-5H3. The second-order valence-corrected chi connectivity index (χ2v) is 5.63. The van der Waals surface area contributed by atoms with Gasteiger partial charge in [-0.3, -0.25) is 0 Å². The van der Waals surface area contributed by atoms with Crippen molar-refractivity contribution in [3.05, 3.63) is 35.9 Å². The first-order chi connectivity index (χ1) is 8.51. The summed E-state index contributed by atoms with van der Waals surface area (Å²) in [5, 5.41) is 3.42. The van der Waals surface area contributed by atoms with E-state index in [0.29, 0.717) is 6.04 Å². The summed E-state index contributed by atoms with van der Waals surface area (Å²) in [5.41, 5.74) is 1.66. The van der Waals surface area contributed by atoms with E-state index in [1.165, 1.54) is 12.0 Å². The van der Waals surface area contributed by atoms with Crippen molar-refractivity contribution in [3.63, 3.8) is 0 Å². The fraction of sp³-hybridized carbons (Fsp3) is 0.625. The lowest BCUT2D eigenvalue weighted by Crippen LogP contribution is -2.41. The van der Waals surface area contributed by atoms with Crippen LogP contribution in [0.15, 0.2) is 30.3 Å². The molecule has 0 bridgehead atoms. The Hall–Kier alpha value is -0.860. The van der Waals surface area contributed by atoms with Crippen molar-refractivity contribution in [1.82, 2.24) is 10.2 Å². The van der Waals surface area contributed by atoms with Gasteiger partial charge in [0.05, 0.1) is 0 Å². The van der Waals surface area contributed by atoms with E-state index in [1.807, 2.05) is 7.05 Å². The van der Waals surface area contributed by atoms with Gasteiger partial charge in [0.15, 0.2) is 0 Å². The van der Waals surface area contributed by atoms with Crippen LogP contribution in [-0.4, -0.2) is 31.1 Å². The molecule has 0 saturated carbocycles. The maximum Gasteiger partial charge on any atom is 0.0329 e. The van der Waals surface area contributed by atoms with Gasteiger partial charge < -0.3 is 10.2 Å². The van der Waals surface area contributed by atoms with E-state index in [0.717, 1.165) is 13.0 Å². The third-order valence-electron chi connectivity index (χ3n) is 4.20. The Morgan fingerprint density at radius 3 is 2.33 bits per heavy atom. The van der Waals surface area contributed by atoms with Gasteiger partial charge in [-0.1, -0.05) is 37.3 Å². The average molecular weight is 248 g/mol. The van der Waals surface area contributed by atoms with Crippen LogP contribution in [0.2, 0.25) is 0 Å². The molecule has 0 spiro atoms. The van der Waals surface area contributed by atoms with E-state index in [-0.39, 0.29) is 5.54 Å². The molecule has 0 fully saturated rings. The summed E-state index contributed by atoms with van der Waals surface area (Å²) >= 11 is 0. The Balaban J connectivity index is 2.56. The van der Waals surface area contributed by atoms with Crippen molar-refractivity contribution in [2.45, 2.75) is 45.2 Å². The topological polar surface area (TPSA) is 15.3 Å². The van der Waals surface area contributed by atoms with Gasteiger partial charge in [0.2, 0.25) is 0 Å². The van der Waals surface area contributed by atoms with Crippen LogP contribution in [0.3, 0.4) is 0 Å². The summed E-state index contributed by atoms with van der Waals surface area (Å²) in [5.74, 6) is 0. The van der Waals surface area contributed by atoms with Gasteiger partial charge in [-0.05, 0) is 46.3 Å². The van der Waals surface area contributed by atoms with Crippen LogP contribution in [0.5, 0.6) is 0 Å². The molecule has 0 saturated heterocycles. The summed E-state index contributed by atoms with van der Waals surface area (Å²) in [7, 11) is 4.27. The molecule has 1 aromatic carbocycles. The van der Waals surface area contributed by atoms with Gasteiger partial charge in [0.1, 0.15) is 0 Å². The van der Waals surface area contributed by atoms with Crippen LogP contribution >= 0.6 is 0 Å². The highest BCUT2D eigenvalue weighted by Gasteiger charge is 2.21. The molecule has 0 aliphatic carbocycles. The van der Waals surface area contributed by atoms with Gasteiger partial charge in [-0.2, -0.15) is 0 Å². The Morgan fingerprint density at radius 1 is 1.22 bits per heavy atom. The Labute approximate surface area is 112 Å². The Kier molecular flexibility index (Phi) is 5.83. The van der Waals surface area contributed by atoms with E-state index in [9.17, 15) is 0 Å². The monoisotopic (exact) mass is 248 g/mol. The second-order valence-electron chi connectivity index (χ2n) is 5.63. The lowest BCUT2D eigenvalue weighted by atomic mass is 9.98. The molecule has 0 amide bonds. The fourth-order valence-corrected chi connectivity index (χ4v) is 2.06. The van der Waals surface area contributed by atoms with Crippen LogP contribution in [-0.2, 0) is 0 Å². The van der Waals surface area contributed by atoms with E-state index in [1.54, 1.807) is 0 Å². The van der Waals surface area contributed by atoms with E-state index in [2.05, 4.69) is 68.4 Å². The van der Waals surface area contributed by atoms with Crippen LogP contribution in [0.4, 0.5) is 0 Å². The summed E-state index contributed by atoms with van der Waals surface area (Å²) in [6.45, 7) is 7.98. The van der Waals surface area contributed by atoms with Gasteiger partial charge in [-0.15, -0.1) is 0 Å². The molecule has 0 aromatic heterocycles. The summed E-state index contributed by atoms with van der Waals surface area (Å²) in [6.07, 6.45) is 2.32. The predicted molar refractivity (Wildman–Crippen MR) is 79.9 cm³/mol. The molecule has 18 heavy (non-hydrogen) atoms. The zero-order chi connectivity index (χ0) is 13.6. The molecule has 0 aliphatic rings. The molecule has 102 valence electrons. The first-order valence-electron chi connectivity index (χ1n) is 6.94. The number of benzene rings is 1.